The number of carbonyl (C=O) groups is 2. The van der Waals surface area contributed by atoms with E-state index < -0.39 is 35.9 Å². The Morgan fingerprint density at radius 3 is 2.20 bits per heavy atom. The number of hydrogen-bond acceptors (Lipinski definition) is 7. The Balaban J connectivity index is 1.15. The first-order valence-electron chi connectivity index (χ1n) is 16.8. The topological polar surface area (TPSA) is 112 Å². The number of alkyl halides is 3. The highest BCUT2D eigenvalue weighted by atomic mass is 35.5. The van der Waals surface area contributed by atoms with E-state index in [1.165, 1.54) is 0 Å². The number of amides is 2. The summed E-state index contributed by atoms with van der Waals surface area (Å²) in [6.45, 7) is 3.80. The molecule has 3 saturated heterocycles. The van der Waals surface area contributed by atoms with Crippen LogP contribution in [-0.2, 0) is 31.3 Å². The van der Waals surface area contributed by atoms with E-state index in [9.17, 15) is 33.0 Å². The first-order chi connectivity index (χ1) is 23.8. The Labute approximate surface area is 293 Å². The fourth-order valence-corrected chi connectivity index (χ4v) is 7.26. The van der Waals surface area contributed by atoms with E-state index in [0.29, 0.717) is 60.1 Å². The van der Waals surface area contributed by atoms with Gasteiger partial charge in [-0.15, -0.1) is 0 Å². The number of piperidine rings is 1. The van der Waals surface area contributed by atoms with Crippen molar-refractivity contribution in [1.29, 1.82) is 0 Å². The van der Waals surface area contributed by atoms with E-state index >= 15 is 0 Å². The minimum Gasteiger partial charge on any atom is -0.392 e. The maximum atomic E-state index is 13.1. The summed E-state index contributed by atoms with van der Waals surface area (Å²) in [6.07, 6.45) is -4.86. The van der Waals surface area contributed by atoms with Gasteiger partial charge in [-0.25, -0.2) is 0 Å². The van der Waals surface area contributed by atoms with Crippen LogP contribution in [0, 0.1) is 5.92 Å². The Morgan fingerprint density at radius 2 is 1.58 bits per heavy atom. The summed E-state index contributed by atoms with van der Waals surface area (Å²) < 4.78 is 52.4. The summed E-state index contributed by atoms with van der Waals surface area (Å²) in [4.78, 5) is 27.7. The summed E-state index contributed by atoms with van der Waals surface area (Å²) in [5.74, 6) is -2.75. The molecule has 13 heteroatoms. The smallest absolute Gasteiger partial charge is 0.392 e. The number of hydrogen-bond donors (Lipinski definition) is 3. The minimum atomic E-state index is -5.05. The van der Waals surface area contributed by atoms with Gasteiger partial charge in [0, 0.05) is 48.4 Å². The molecule has 0 bridgehead atoms. The second-order valence-corrected chi connectivity index (χ2v) is 13.9. The van der Waals surface area contributed by atoms with Gasteiger partial charge in [0.15, 0.2) is 6.29 Å². The summed E-state index contributed by atoms with van der Waals surface area (Å²) in [5.41, 5.74) is 2.67. The normalized spacial score (nSPS) is 25.7. The van der Waals surface area contributed by atoms with Gasteiger partial charge in [-0.1, -0.05) is 67.1 Å². The van der Waals surface area contributed by atoms with Crippen molar-refractivity contribution in [3.63, 3.8) is 0 Å². The molecule has 0 spiro atoms. The standard InChI is InChI=1S/C37H41ClF3N3O6/c1-23-31(21-43-19-16-36(48,17-20-43)27-10-12-28(38)13-11-27)49-34(50-32(23)25-6-4-24(22-45)5-7-25)26-8-14-29(15-9-26)42-33(46)30-3-2-18-44(30)35(47)37(39,40)41/h4-15,23,30-32,34,45,48H,2-3,16-22H2,1H3,(H,42,46)/t23-,30-,31+,32+,34+/m0/s1. The van der Waals surface area contributed by atoms with Crippen LogP contribution in [0.25, 0.3) is 0 Å². The number of nitrogens with one attached hydrogen (secondary N) is 1. The molecule has 0 aromatic heterocycles. The number of benzene rings is 3. The second-order valence-electron chi connectivity index (χ2n) is 13.4. The molecule has 3 aliphatic heterocycles. The van der Waals surface area contributed by atoms with Crippen molar-refractivity contribution in [3.8, 4) is 0 Å². The van der Waals surface area contributed by atoms with E-state index in [0.717, 1.165) is 16.7 Å². The maximum absolute atomic E-state index is 13.1. The molecular weight excluding hydrogens is 675 g/mol. The lowest BCUT2D eigenvalue weighted by atomic mass is 9.84. The molecule has 5 atom stereocenters. The van der Waals surface area contributed by atoms with Crippen LogP contribution in [0.1, 0.15) is 67.3 Å². The van der Waals surface area contributed by atoms with Crippen LogP contribution in [0.2, 0.25) is 5.02 Å². The molecule has 0 radical (unpaired) electrons. The van der Waals surface area contributed by atoms with Crippen LogP contribution in [0.4, 0.5) is 18.9 Å². The molecule has 50 heavy (non-hydrogen) atoms. The lowest BCUT2D eigenvalue weighted by Crippen LogP contribution is -2.49. The summed E-state index contributed by atoms with van der Waals surface area (Å²) in [5, 5.41) is 24.2. The molecule has 2 amide bonds. The van der Waals surface area contributed by atoms with Gasteiger partial charge in [0.2, 0.25) is 5.91 Å². The van der Waals surface area contributed by atoms with Crippen molar-refractivity contribution in [3.05, 3.63) is 100 Å². The molecule has 3 N–H and O–H groups in total. The predicted molar refractivity (Wildman–Crippen MR) is 180 cm³/mol. The molecule has 0 unspecified atom stereocenters. The number of nitrogens with zero attached hydrogens (tertiary/aromatic N) is 2. The average Bonchev–Trinajstić information content (AvgIpc) is 3.60. The van der Waals surface area contributed by atoms with Crippen LogP contribution in [0.5, 0.6) is 0 Å². The summed E-state index contributed by atoms with van der Waals surface area (Å²) in [7, 11) is 0. The SMILES string of the molecule is C[C@H]1[C@@H](CN2CCC(O)(c3ccc(Cl)cc3)CC2)O[C@@H](c2ccc(NC(=O)[C@@H]3CCCN3C(=O)C(F)(F)F)cc2)O[C@H]1c1ccc(CO)cc1. The number of aliphatic hydroxyl groups excluding tert-OH is 1. The minimum absolute atomic E-state index is 0.0596. The van der Waals surface area contributed by atoms with Gasteiger partial charge < -0.3 is 34.8 Å². The summed E-state index contributed by atoms with van der Waals surface area (Å²) >= 11 is 6.06. The van der Waals surface area contributed by atoms with Crippen LogP contribution in [0.3, 0.4) is 0 Å². The monoisotopic (exact) mass is 715 g/mol. The van der Waals surface area contributed by atoms with Crippen molar-refractivity contribution in [2.24, 2.45) is 5.92 Å². The van der Waals surface area contributed by atoms with E-state index in [2.05, 4.69) is 17.1 Å². The Bertz CT molecular complexity index is 1630. The molecule has 3 aromatic rings. The van der Waals surface area contributed by atoms with Crippen LogP contribution in [-0.4, -0.2) is 76.3 Å². The molecule has 3 heterocycles. The van der Waals surface area contributed by atoms with Crippen molar-refractivity contribution in [2.75, 3.05) is 31.5 Å². The number of carbonyl (C=O) groups excluding carboxylic acids is 2. The molecular formula is C37H41ClF3N3O6. The Kier molecular flexibility index (Phi) is 10.9. The van der Waals surface area contributed by atoms with Crippen molar-refractivity contribution >= 4 is 29.1 Å². The van der Waals surface area contributed by atoms with Crippen LogP contribution < -0.4 is 5.32 Å². The third-order valence-corrected chi connectivity index (χ3v) is 10.4. The quantitative estimate of drug-likeness (QED) is 0.259. The molecule has 6 rings (SSSR count). The number of likely N-dealkylation sites (tertiary alicyclic amines) is 2. The zero-order valence-corrected chi connectivity index (χ0v) is 28.4. The number of halogens is 4. The van der Waals surface area contributed by atoms with Crippen molar-refractivity contribution in [2.45, 2.75) is 75.5 Å². The number of rotatable bonds is 8. The van der Waals surface area contributed by atoms with Gasteiger partial charge in [0.25, 0.3) is 0 Å². The first kappa shape index (κ1) is 36.3. The van der Waals surface area contributed by atoms with E-state index in [1.54, 1.807) is 36.4 Å². The number of ether oxygens (including phenoxy) is 2. The number of anilines is 1. The zero-order valence-electron chi connectivity index (χ0n) is 27.6. The van der Waals surface area contributed by atoms with E-state index in [1.807, 2.05) is 36.4 Å². The fraction of sp³-hybridized carbons (Fsp3) is 0.459. The predicted octanol–water partition coefficient (Wildman–Crippen LogP) is 6.10. The number of aliphatic hydroxyl groups is 2. The maximum Gasteiger partial charge on any atom is 0.471 e. The molecule has 0 aliphatic carbocycles. The molecule has 268 valence electrons. The largest absolute Gasteiger partial charge is 0.471 e. The summed E-state index contributed by atoms with van der Waals surface area (Å²) in [6, 6.07) is 20.4. The lowest BCUT2D eigenvalue weighted by molar-refractivity contribution is -0.277. The lowest BCUT2D eigenvalue weighted by Gasteiger charge is -2.45. The van der Waals surface area contributed by atoms with Gasteiger partial charge in [-0.05, 0) is 66.6 Å². The van der Waals surface area contributed by atoms with Crippen molar-refractivity contribution < 1.29 is 42.4 Å². The third kappa shape index (κ3) is 8.01. The first-order valence-corrected chi connectivity index (χ1v) is 17.2. The van der Waals surface area contributed by atoms with Crippen LogP contribution >= 0.6 is 11.6 Å². The van der Waals surface area contributed by atoms with Gasteiger partial charge in [0.05, 0.1) is 24.4 Å². The van der Waals surface area contributed by atoms with Gasteiger partial charge in [-0.3, -0.25) is 9.59 Å². The highest BCUT2D eigenvalue weighted by Crippen LogP contribution is 2.43. The fourth-order valence-electron chi connectivity index (χ4n) is 7.13. The van der Waals surface area contributed by atoms with Gasteiger partial charge in [-0.2, -0.15) is 13.2 Å². The van der Waals surface area contributed by atoms with E-state index in [4.69, 9.17) is 21.1 Å². The molecule has 3 aliphatic rings. The van der Waals surface area contributed by atoms with Gasteiger partial charge >= 0.3 is 12.1 Å². The third-order valence-electron chi connectivity index (χ3n) is 10.1. The van der Waals surface area contributed by atoms with Crippen molar-refractivity contribution in [1.82, 2.24) is 9.80 Å². The highest BCUT2D eigenvalue weighted by Gasteiger charge is 2.48. The van der Waals surface area contributed by atoms with E-state index in [-0.39, 0.29) is 37.7 Å². The Morgan fingerprint density at radius 1 is 0.940 bits per heavy atom. The van der Waals surface area contributed by atoms with Gasteiger partial charge in [0.1, 0.15) is 6.04 Å². The Hall–Kier alpha value is -3.52. The molecule has 0 saturated carbocycles. The average molecular weight is 716 g/mol. The molecule has 3 aromatic carbocycles. The highest BCUT2D eigenvalue weighted by molar-refractivity contribution is 6.30. The second kappa shape index (κ2) is 15.0. The molecule has 3 fully saturated rings. The zero-order chi connectivity index (χ0) is 35.6. The molecule has 9 nitrogen and oxygen atoms in total. The van der Waals surface area contributed by atoms with Crippen LogP contribution in [0.15, 0.2) is 72.8 Å².